The summed E-state index contributed by atoms with van der Waals surface area (Å²) in [7, 11) is 0. The highest BCUT2D eigenvalue weighted by Crippen LogP contribution is 2.19. The predicted molar refractivity (Wildman–Crippen MR) is 47.1 cm³/mol. The van der Waals surface area contributed by atoms with E-state index in [1.54, 1.807) is 6.92 Å². The van der Waals surface area contributed by atoms with Gasteiger partial charge in [-0.3, -0.25) is 0 Å². The second-order valence-electron chi connectivity index (χ2n) is 2.94. The Morgan fingerprint density at radius 3 is 2.08 bits per heavy atom. The van der Waals surface area contributed by atoms with Crippen LogP contribution in [0.1, 0.15) is 40.5 Å². The molecule has 0 aliphatic carbocycles. The van der Waals surface area contributed by atoms with Crippen LogP contribution in [0.4, 0.5) is 4.79 Å². The van der Waals surface area contributed by atoms with Gasteiger partial charge in [-0.15, -0.1) is 0 Å². The summed E-state index contributed by atoms with van der Waals surface area (Å²) in [6, 6.07) is 0. The van der Waals surface area contributed by atoms with Gasteiger partial charge in [-0.05, 0) is 26.7 Å². The van der Waals surface area contributed by atoms with Gasteiger partial charge in [0.05, 0.1) is 6.61 Å². The molecule has 0 aliphatic rings. The lowest BCUT2D eigenvalue weighted by molar-refractivity contribution is -0.0280. The molecule has 0 atom stereocenters. The molecule has 0 aromatic heterocycles. The third-order valence-corrected chi connectivity index (χ3v) is 2.09. The van der Waals surface area contributed by atoms with E-state index in [4.69, 9.17) is 4.74 Å². The maximum atomic E-state index is 10.9. The Morgan fingerprint density at radius 1 is 1.25 bits per heavy atom. The van der Waals surface area contributed by atoms with Crippen LogP contribution in [0.25, 0.3) is 0 Å². The van der Waals surface area contributed by atoms with Crippen LogP contribution < -0.4 is 0 Å². The fourth-order valence-corrected chi connectivity index (χ4v) is 0.743. The Kier molecular flexibility index (Phi) is 4.71. The van der Waals surface area contributed by atoms with Crippen LogP contribution in [0.2, 0.25) is 0 Å². The summed E-state index contributed by atoms with van der Waals surface area (Å²) in [6.07, 6.45) is 1.05. The molecule has 0 bridgehead atoms. The lowest BCUT2D eigenvalue weighted by Crippen LogP contribution is -2.30. The molecule has 3 heteroatoms. The molecule has 0 unspecified atom stereocenters. The summed E-state index contributed by atoms with van der Waals surface area (Å²) >= 11 is 0. The Labute approximate surface area is 74.0 Å². The van der Waals surface area contributed by atoms with Crippen molar-refractivity contribution < 1.29 is 14.3 Å². The molecule has 3 nitrogen and oxygen atoms in total. The molecule has 72 valence electrons. The zero-order valence-electron chi connectivity index (χ0n) is 8.35. The number of hydrogen-bond acceptors (Lipinski definition) is 3. The minimum absolute atomic E-state index is 0.363. The number of carbonyl (C=O) groups is 1. The second kappa shape index (κ2) is 5.01. The van der Waals surface area contributed by atoms with Crippen molar-refractivity contribution in [2.45, 2.75) is 46.1 Å². The summed E-state index contributed by atoms with van der Waals surface area (Å²) in [5, 5.41) is 0. The first-order valence-corrected chi connectivity index (χ1v) is 4.43. The van der Waals surface area contributed by atoms with E-state index in [-0.39, 0.29) is 5.60 Å². The predicted octanol–water partition coefficient (Wildman–Crippen LogP) is 2.74. The van der Waals surface area contributed by atoms with E-state index in [1.807, 2.05) is 20.8 Å². The zero-order chi connectivity index (χ0) is 9.61. The van der Waals surface area contributed by atoms with Gasteiger partial charge in [0.1, 0.15) is 5.60 Å². The van der Waals surface area contributed by atoms with E-state index in [9.17, 15) is 4.79 Å². The van der Waals surface area contributed by atoms with Crippen molar-refractivity contribution in [2.24, 2.45) is 0 Å². The van der Waals surface area contributed by atoms with Crippen LogP contribution >= 0.6 is 0 Å². The monoisotopic (exact) mass is 174 g/mol. The number of carbonyl (C=O) groups excluding carboxylic acids is 1. The largest absolute Gasteiger partial charge is 0.508 e. The van der Waals surface area contributed by atoms with Crippen LogP contribution in [-0.4, -0.2) is 18.4 Å². The minimum atomic E-state index is -0.566. The Hall–Kier alpha value is -0.730. The maximum Gasteiger partial charge on any atom is 0.508 e. The summed E-state index contributed by atoms with van der Waals surface area (Å²) in [5.41, 5.74) is -0.369. The van der Waals surface area contributed by atoms with E-state index >= 15 is 0 Å². The quantitative estimate of drug-likeness (QED) is 0.615. The molecule has 0 N–H and O–H groups in total. The third-order valence-electron chi connectivity index (χ3n) is 2.09. The number of ether oxygens (including phenoxy) is 2. The fraction of sp³-hybridized carbons (Fsp3) is 0.889. The first-order chi connectivity index (χ1) is 5.58. The smallest absolute Gasteiger partial charge is 0.435 e. The highest BCUT2D eigenvalue weighted by atomic mass is 16.7. The van der Waals surface area contributed by atoms with Crippen LogP contribution in [0.3, 0.4) is 0 Å². The van der Waals surface area contributed by atoms with Gasteiger partial charge in [0.15, 0.2) is 0 Å². The first kappa shape index (κ1) is 11.3. The molecule has 0 spiro atoms. The Balaban J connectivity index is 3.93. The van der Waals surface area contributed by atoms with Crippen molar-refractivity contribution in [2.75, 3.05) is 6.61 Å². The van der Waals surface area contributed by atoms with E-state index in [1.165, 1.54) is 0 Å². The molecule has 0 aromatic rings. The molecule has 0 amide bonds. The van der Waals surface area contributed by atoms with Crippen LogP contribution in [0, 0.1) is 0 Å². The average Bonchev–Trinajstić information content (AvgIpc) is 2.05. The van der Waals surface area contributed by atoms with Crippen LogP contribution in [0.5, 0.6) is 0 Å². The third kappa shape index (κ3) is 3.60. The molecule has 0 aliphatic heterocycles. The molecular formula is C9H18O3. The maximum absolute atomic E-state index is 10.9. The van der Waals surface area contributed by atoms with Crippen LogP contribution in [0.15, 0.2) is 0 Å². The van der Waals surface area contributed by atoms with Gasteiger partial charge in [0.25, 0.3) is 0 Å². The number of hydrogen-bond donors (Lipinski definition) is 0. The van der Waals surface area contributed by atoms with E-state index in [0.717, 1.165) is 12.8 Å². The summed E-state index contributed by atoms with van der Waals surface area (Å²) in [5.74, 6) is 0. The van der Waals surface area contributed by atoms with Crippen molar-refractivity contribution in [1.29, 1.82) is 0 Å². The Bertz CT molecular complexity index is 139. The molecule has 0 saturated carbocycles. The SMILES string of the molecule is CCOC(=O)OC(C)(CC)CC. The normalized spacial score (nSPS) is 11.0. The van der Waals surface area contributed by atoms with Gasteiger partial charge in [-0.2, -0.15) is 0 Å². The van der Waals surface area contributed by atoms with Crippen molar-refractivity contribution in [1.82, 2.24) is 0 Å². The molecule has 12 heavy (non-hydrogen) atoms. The molecule has 0 radical (unpaired) electrons. The second-order valence-corrected chi connectivity index (χ2v) is 2.94. The standard InChI is InChI=1S/C9H18O3/c1-5-9(4,6-2)12-8(10)11-7-3/h5-7H2,1-4H3. The minimum Gasteiger partial charge on any atom is -0.435 e. The van der Waals surface area contributed by atoms with Gasteiger partial charge < -0.3 is 9.47 Å². The van der Waals surface area contributed by atoms with Crippen molar-refractivity contribution in [3.63, 3.8) is 0 Å². The Morgan fingerprint density at radius 2 is 1.75 bits per heavy atom. The summed E-state index contributed by atoms with van der Waals surface area (Å²) in [4.78, 5) is 10.9. The lowest BCUT2D eigenvalue weighted by atomic mass is 10.0. The topological polar surface area (TPSA) is 35.5 Å². The van der Waals surface area contributed by atoms with Crippen LogP contribution in [-0.2, 0) is 9.47 Å². The van der Waals surface area contributed by atoms with Gasteiger partial charge in [0, 0.05) is 0 Å². The molecule has 0 aromatic carbocycles. The zero-order valence-corrected chi connectivity index (χ0v) is 8.35. The molecule has 0 saturated heterocycles. The highest BCUT2D eigenvalue weighted by Gasteiger charge is 2.24. The molecular weight excluding hydrogens is 156 g/mol. The summed E-state index contributed by atoms with van der Waals surface area (Å²) in [6.45, 7) is 8.01. The molecule has 0 heterocycles. The first-order valence-electron chi connectivity index (χ1n) is 4.43. The van der Waals surface area contributed by atoms with E-state index in [2.05, 4.69) is 4.74 Å². The van der Waals surface area contributed by atoms with Gasteiger partial charge in [-0.1, -0.05) is 13.8 Å². The average molecular weight is 174 g/mol. The van der Waals surface area contributed by atoms with Gasteiger partial charge in [-0.25, -0.2) is 4.79 Å². The van der Waals surface area contributed by atoms with Crippen molar-refractivity contribution >= 4 is 6.16 Å². The van der Waals surface area contributed by atoms with Crippen molar-refractivity contribution in [3.05, 3.63) is 0 Å². The van der Waals surface area contributed by atoms with E-state index < -0.39 is 6.16 Å². The van der Waals surface area contributed by atoms with Gasteiger partial charge in [0.2, 0.25) is 0 Å². The number of rotatable bonds is 4. The summed E-state index contributed by atoms with van der Waals surface area (Å²) < 4.78 is 9.80. The van der Waals surface area contributed by atoms with E-state index in [0.29, 0.717) is 6.61 Å². The molecule has 0 fully saturated rings. The lowest BCUT2D eigenvalue weighted by Gasteiger charge is -2.25. The van der Waals surface area contributed by atoms with Crippen molar-refractivity contribution in [3.8, 4) is 0 Å². The van der Waals surface area contributed by atoms with Gasteiger partial charge >= 0.3 is 6.16 Å². The fourth-order valence-electron chi connectivity index (χ4n) is 0.743. The molecule has 0 rings (SSSR count). The highest BCUT2D eigenvalue weighted by molar-refractivity contribution is 5.60.